The predicted molar refractivity (Wildman–Crippen MR) is 99.5 cm³/mol. The quantitative estimate of drug-likeness (QED) is 0.555. The van der Waals surface area contributed by atoms with Crippen molar-refractivity contribution in [2.24, 2.45) is 0 Å². The fraction of sp³-hybridized carbons (Fsp3) is 0.474. The van der Waals surface area contributed by atoms with Gasteiger partial charge in [-0.15, -0.1) is 0 Å². The van der Waals surface area contributed by atoms with E-state index in [1.54, 1.807) is 24.3 Å². The van der Waals surface area contributed by atoms with Gasteiger partial charge in [-0.1, -0.05) is 19.1 Å². The van der Waals surface area contributed by atoms with E-state index in [9.17, 15) is 19.2 Å². The van der Waals surface area contributed by atoms with Crippen LogP contribution in [0.25, 0.3) is 0 Å². The van der Waals surface area contributed by atoms with Crippen molar-refractivity contribution in [3.05, 3.63) is 35.4 Å². The van der Waals surface area contributed by atoms with Crippen LogP contribution in [0.2, 0.25) is 0 Å². The lowest BCUT2D eigenvalue weighted by molar-refractivity contribution is -0.139. The third kappa shape index (κ3) is 4.48. The van der Waals surface area contributed by atoms with Gasteiger partial charge in [0, 0.05) is 17.6 Å². The van der Waals surface area contributed by atoms with Gasteiger partial charge in [-0.05, 0) is 37.1 Å². The van der Waals surface area contributed by atoms with Crippen LogP contribution in [0.15, 0.2) is 24.3 Å². The Morgan fingerprint density at radius 1 is 1.32 bits per heavy atom. The Hall–Kier alpha value is -2.94. The van der Waals surface area contributed by atoms with Crippen molar-refractivity contribution in [1.82, 2.24) is 20.4 Å². The zero-order valence-corrected chi connectivity index (χ0v) is 15.7. The summed E-state index contributed by atoms with van der Waals surface area (Å²) in [6, 6.07) is 6.59. The van der Waals surface area contributed by atoms with Crippen LogP contribution in [0.3, 0.4) is 0 Å². The van der Waals surface area contributed by atoms with Gasteiger partial charge in [0.15, 0.2) is 0 Å². The number of carbonyl (C=O) groups is 4. The predicted octanol–water partition coefficient (Wildman–Crippen LogP) is 0.406. The molecule has 9 heteroatoms. The van der Waals surface area contributed by atoms with E-state index in [-0.39, 0.29) is 43.5 Å². The lowest BCUT2D eigenvalue weighted by Crippen LogP contribution is -2.54. The van der Waals surface area contributed by atoms with Gasteiger partial charge >= 0.3 is 12.0 Å². The number of amides is 4. The number of carboxylic acid groups (broad SMARTS) is 1. The van der Waals surface area contributed by atoms with Gasteiger partial charge in [0.1, 0.15) is 0 Å². The molecule has 0 atom stereocenters. The third-order valence-corrected chi connectivity index (χ3v) is 5.18. The maximum Gasteiger partial charge on any atom is 0.324 e. The largest absolute Gasteiger partial charge is 0.480 e. The number of carboxylic acids is 1. The van der Waals surface area contributed by atoms with Crippen LogP contribution in [0.1, 0.15) is 35.7 Å². The lowest BCUT2D eigenvalue weighted by Gasteiger charge is -2.42. The summed E-state index contributed by atoms with van der Waals surface area (Å²) in [5.41, 5.74) is 1.16. The molecule has 3 rings (SSSR count). The van der Waals surface area contributed by atoms with Gasteiger partial charge in [0.25, 0.3) is 5.91 Å². The molecule has 1 saturated heterocycles. The Morgan fingerprint density at radius 2 is 2.07 bits per heavy atom. The van der Waals surface area contributed by atoms with Gasteiger partial charge < -0.3 is 15.7 Å². The molecule has 0 aromatic heterocycles. The first-order valence-electron chi connectivity index (χ1n) is 9.31. The normalized spacial score (nSPS) is 21.4. The standard InChI is InChI=1S/C19H24N4O5/c1-2-22(11-17(25)26)15-7-14(8-15)21-18(27)13-5-3-4-12(6-13)10-23-16(24)9-20-19(23)28/h3-6,14-15H,2,7-11H2,1H3,(H,20,28)(H,21,27)(H,25,26). The van der Waals surface area contributed by atoms with E-state index in [4.69, 9.17) is 5.11 Å². The Labute approximate surface area is 162 Å². The number of nitrogens with one attached hydrogen (secondary N) is 2. The maximum absolute atomic E-state index is 12.5. The Morgan fingerprint density at radius 3 is 2.68 bits per heavy atom. The van der Waals surface area contributed by atoms with Crippen molar-refractivity contribution in [3.63, 3.8) is 0 Å². The van der Waals surface area contributed by atoms with Crippen LogP contribution in [0.5, 0.6) is 0 Å². The minimum Gasteiger partial charge on any atom is -0.480 e. The molecule has 2 aliphatic rings. The van der Waals surface area contributed by atoms with E-state index in [0.29, 0.717) is 17.7 Å². The van der Waals surface area contributed by atoms with Crippen LogP contribution in [-0.4, -0.2) is 70.4 Å². The fourth-order valence-electron chi connectivity index (χ4n) is 3.55. The Kier molecular flexibility index (Phi) is 5.93. The van der Waals surface area contributed by atoms with Crippen molar-refractivity contribution in [2.45, 2.75) is 38.4 Å². The van der Waals surface area contributed by atoms with E-state index in [2.05, 4.69) is 10.6 Å². The molecule has 0 radical (unpaired) electrons. The van der Waals surface area contributed by atoms with E-state index >= 15 is 0 Å². The number of benzene rings is 1. The van der Waals surface area contributed by atoms with Crippen LogP contribution >= 0.6 is 0 Å². The first-order valence-corrected chi connectivity index (χ1v) is 9.31. The van der Waals surface area contributed by atoms with Gasteiger partial charge in [0.2, 0.25) is 5.91 Å². The maximum atomic E-state index is 12.5. The molecular formula is C19H24N4O5. The van der Waals surface area contributed by atoms with Crippen molar-refractivity contribution in [3.8, 4) is 0 Å². The zero-order chi connectivity index (χ0) is 20.3. The van der Waals surface area contributed by atoms with E-state index in [1.807, 2.05) is 11.8 Å². The number of likely N-dealkylation sites (N-methyl/N-ethyl adjacent to an activating group) is 1. The Bertz CT molecular complexity index is 774. The molecule has 0 bridgehead atoms. The van der Waals surface area contributed by atoms with Crippen LogP contribution in [0.4, 0.5) is 4.79 Å². The minimum atomic E-state index is -0.851. The third-order valence-electron chi connectivity index (χ3n) is 5.18. The second-order valence-electron chi connectivity index (χ2n) is 7.09. The summed E-state index contributed by atoms with van der Waals surface area (Å²) in [6.45, 7) is 2.71. The van der Waals surface area contributed by atoms with Crippen molar-refractivity contribution in [2.75, 3.05) is 19.6 Å². The molecule has 9 nitrogen and oxygen atoms in total. The number of nitrogens with zero attached hydrogens (tertiary/aromatic N) is 2. The smallest absolute Gasteiger partial charge is 0.324 e. The summed E-state index contributed by atoms with van der Waals surface area (Å²) >= 11 is 0. The molecule has 150 valence electrons. The molecule has 1 aliphatic heterocycles. The first-order chi connectivity index (χ1) is 13.4. The summed E-state index contributed by atoms with van der Waals surface area (Å²) in [5, 5.41) is 14.4. The lowest BCUT2D eigenvalue weighted by atomic mass is 9.85. The highest BCUT2D eigenvalue weighted by atomic mass is 16.4. The number of carbonyl (C=O) groups excluding carboxylic acids is 3. The van der Waals surface area contributed by atoms with Crippen LogP contribution in [0, 0.1) is 0 Å². The van der Waals surface area contributed by atoms with Crippen LogP contribution < -0.4 is 10.6 Å². The van der Waals surface area contributed by atoms with Gasteiger partial charge in [0.05, 0.1) is 19.6 Å². The van der Waals surface area contributed by atoms with E-state index in [1.165, 1.54) is 0 Å². The number of aliphatic carboxylic acids is 1. The molecule has 1 heterocycles. The van der Waals surface area contributed by atoms with Crippen molar-refractivity contribution < 1.29 is 24.3 Å². The first kappa shape index (κ1) is 19.8. The van der Waals surface area contributed by atoms with Gasteiger partial charge in [-0.3, -0.25) is 24.2 Å². The number of imide groups is 1. The van der Waals surface area contributed by atoms with Crippen molar-refractivity contribution >= 4 is 23.8 Å². The topological polar surface area (TPSA) is 119 Å². The molecule has 1 aliphatic carbocycles. The van der Waals surface area contributed by atoms with Crippen LogP contribution in [-0.2, 0) is 16.1 Å². The number of hydrogen-bond acceptors (Lipinski definition) is 5. The van der Waals surface area contributed by atoms with Gasteiger partial charge in [-0.2, -0.15) is 0 Å². The number of urea groups is 1. The molecule has 1 aromatic carbocycles. The Balaban J connectivity index is 1.54. The second kappa shape index (κ2) is 8.39. The highest BCUT2D eigenvalue weighted by Crippen LogP contribution is 2.26. The average molecular weight is 388 g/mol. The molecule has 2 fully saturated rings. The number of hydrogen-bond donors (Lipinski definition) is 3. The molecule has 0 spiro atoms. The summed E-state index contributed by atoms with van der Waals surface area (Å²) in [7, 11) is 0. The summed E-state index contributed by atoms with van der Waals surface area (Å²) < 4.78 is 0. The SMILES string of the molecule is CCN(CC(=O)O)C1CC(NC(=O)c2cccc(CN3C(=O)CNC3=O)c2)C1. The highest BCUT2D eigenvalue weighted by Gasteiger charge is 2.35. The zero-order valence-electron chi connectivity index (χ0n) is 15.7. The molecule has 3 N–H and O–H groups in total. The minimum absolute atomic E-state index is 0.00148. The highest BCUT2D eigenvalue weighted by molar-refractivity contribution is 6.02. The molecule has 4 amide bonds. The molecule has 0 unspecified atom stereocenters. The second-order valence-corrected chi connectivity index (χ2v) is 7.09. The monoisotopic (exact) mass is 388 g/mol. The molecular weight excluding hydrogens is 364 g/mol. The fourth-order valence-corrected chi connectivity index (χ4v) is 3.55. The molecule has 28 heavy (non-hydrogen) atoms. The van der Waals surface area contributed by atoms with Gasteiger partial charge in [-0.25, -0.2) is 4.79 Å². The summed E-state index contributed by atoms with van der Waals surface area (Å²) in [5.74, 6) is -1.36. The van der Waals surface area contributed by atoms with E-state index in [0.717, 1.165) is 17.7 Å². The summed E-state index contributed by atoms with van der Waals surface area (Å²) in [6.07, 6.45) is 1.43. The molecule has 1 aromatic rings. The van der Waals surface area contributed by atoms with E-state index < -0.39 is 12.0 Å². The average Bonchev–Trinajstić information content (AvgIpc) is 2.94. The number of rotatable bonds is 8. The van der Waals surface area contributed by atoms with Crippen molar-refractivity contribution in [1.29, 1.82) is 0 Å². The summed E-state index contributed by atoms with van der Waals surface area (Å²) in [4.78, 5) is 49.8. The molecule has 1 saturated carbocycles.